The summed E-state index contributed by atoms with van der Waals surface area (Å²) in [5, 5.41) is 0. The number of aromatic nitrogens is 2. The fourth-order valence-corrected chi connectivity index (χ4v) is 3.24. The second-order valence-electron chi connectivity index (χ2n) is 7.10. The molecular weight excluding hydrogens is 449 g/mol. The highest BCUT2D eigenvalue weighted by Gasteiger charge is 2.35. The maximum Gasteiger partial charge on any atom is 0.433 e. The van der Waals surface area contributed by atoms with Gasteiger partial charge < -0.3 is 0 Å². The van der Waals surface area contributed by atoms with E-state index in [1.807, 2.05) is 18.2 Å². The molecule has 0 radical (unpaired) electrons. The van der Waals surface area contributed by atoms with Crippen LogP contribution >= 0.6 is 0 Å². The first-order valence-electron chi connectivity index (χ1n) is 9.51. The smallest absolute Gasteiger partial charge is 0.228 e. The maximum atomic E-state index is 14.0. The summed E-state index contributed by atoms with van der Waals surface area (Å²) in [5.41, 5.74) is -1.64. The Morgan fingerprint density at radius 2 is 1.21 bits per heavy atom. The summed E-state index contributed by atoms with van der Waals surface area (Å²) in [6.45, 7) is 0. The van der Waals surface area contributed by atoms with Crippen LogP contribution in [0.2, 0.25) is 0 Å². The van der Waals surface area contributed by atoms with Crippen LogP contribution < -0.4 is 0 Å². The molecule has 0 atom stereocenters. The summed E-state index contributed by atoms with van der Waals surface area (Å²) in [6, 6.07) is 18.0. The lowest BCUT2D eigenvalue weighted by atomic mass is 10.0. The zero-order valence-corrected chi connectivity index (χ0v) is 16.5. The first kappa shape index (κ1) is 22.4. The predicted octanol–water partition coefficient (Wildman–Crippen LogP) is 7.65. The van der Waals surface area contributed by atoms with Crippen molar-refractivity contribution in [2.75, 3.05) is 0 Å². The van der Waals surface area contributed by atoms with Gasteiger partial charge in [0, 0.05) is 11.1 Å². The third-order valence-electron chi connectivity index (χ3n) is 4.81. The number of hydrogen-bond donors (Lipinski definition) is 0. The largest absolute Gasteiger partial charge is 0.433 e. The van der Waals surface area contributed by atoms with E-state index in [0.717, 1.165) is 11.6 Å². The Kier molecular flexibility index (Phi) is 5.65. The SMILES string of the molecule is Fc1cc(-c2cc(C(F)(F)F)nc(-c3cccc(-c4ccccc4)c3)n2)ccc1C(F)(F)F. The van der Waals surface area contributed by atoms with Crippen molar-refractivity contribution in [1.29, 1.82) is 0 Å². The normalized spacial score (nSPS) is 12.1. The van der Waals surface area contributed by atoms with Crippen molar-refractivity contribution in [1.82, 2.24) is 9.97 Å². The zero-order chi connectivity index (χ0) is 23.8. The topological polar surface area (TPSA) is 25.8 Å². The third kappa shape index (κ3) is 4.87. The van der Waals surface area contributed by atoms with Crippen LogP contribution in [0.25, 0.3) is 33.8 Å². The number of hydrogen-bond acceptors (Lipinski definition) is 2. The van der Waals surface area contributed by atoms with Gasteiger partial charge in [0.25, 0.3) is 0 Å². The van der Waals surface area contributed by atoms with E-state index in [4.69, 9.17) is 0 Å². The highest BCUT2D eigenvalue weighted by molar-refractivity contribution is 5.71. The van der Waals surface area contributed by atoms with Crippen molar-refractivity contribution in [3.05, 3.63) is 95.9 Å². The lowest BCUT2D eigenvalue weighted by Gasteiger charge is -2.13. The molecule has 33 heavy (non-hydrogen) atoms. The van der Waals surface area contributed by atoms with E-state index in [1.165, 1.54) is 6.07 Å². The fraction of sp³-hybridized carbons (Fsp3) is 0.0833. The van der Waals surface area contributed by atoms with Crippen LogP contribution in [0.15, 0.2) is 78.9 Å². The van der Waals surface area contributed by atoms with Gasteiger partial charge in [-0.1, -0.05) is 54.6 Å². The zero-order valence-electron chi connectivity index (χ0n) is 16.5. The van der Waals surface area contributed by atoms with Crippen LogP contribution in [0.5, 0.6) is 0 Å². The molecule has 0 aliphatic heterocycles. The molecule has 0 unspecified atom stereocenters. The number of alkyl halides is 6. The molecular formula is C24H13F7N2. The molecule has 9 heteroatoms. The van der Waals surface area contributed by atoms with Crippen molar-refractivity contribution in [3.8, 4) is 33.8 Å². The average Bonchev–Trinajstić information content (AvgIpc) is 2.78. The van der Waals surface area contributed by atoms with Gasteiger partial charge in [-0.2, -0.15) is 26.3 Å². The Hall–Kier alpha value is -3.75. The summed E-state index contributed by atoms with van der Waals surface area (Å²) < 4.78 is 93.1. The molecule has 3 aromatic carbocycles. The van der Waals surface area contributed by atoms with Crippen molar-refractivity contribution in [2.45, 2.75) is 12.4 Å². The van der Waals surface area contributed by atoms with Gasteiger partial charge in [0.15, 0.2) is 5.82 Å². The number of halogens is 7. The Balaban J connectivity index is 1.85. The number of nitrogens with zero attached hydrogens (tertiary/aromatic N) is 2. The molecule has 1 aromatic heterocycles. The highest BCUT2D eigenvalue weighted by atomic mass is 19.4. The van der Waals surface area contributed by atoms with E-state index >= 15 is 0 Å². The molecule has 0 N–H and O–H groups in total. The lowest BCUT2D eigenvalue weighted by Crippen LogP contribution is -2.11. The van der Waals surface area contributed by atoms with Crippen LogP contribution in [-0.4, -0.2) is 9.97 Å². The summed E-state index contributed by atoms with van der Waals surface area (Å²) in [5.74, 6) is -1.90. The molecule has 0 spiro atoms. The number of rotatable bonds is 3. The van der Waals surface area contributed by atoms with Crippen molar-refractivity contribution in [3.63, 3.8) is 0 Å². The molecule has 4 rings (SSSR count). The van der Waals surface area contributed by atoms with Gasteiger partial charge in [0.2, 0.25) is 0 Å². The summed E-state index contributed by atoms with van der Waals surface area (Å²) in [7, 11) is 0. The van der Waals surface area contributed by atoms with Crippen LogP contribution in [0.4, 0.5) is 30.7 Å². The van der Waals surface area contributed by atoms with E-state index in [9.17, 15) is 30.7 Å². The molecule has 0 saturated carbocycles. The van der Waals surface area contributed by atoms with Gasteiger partial charge >= 0.3 is 12.4 Å². The van der Waals surface area contributed by atoms with Gasteiger partial charge in [-0.3, -0.25) is 0 Å². The van der Waals surface area contributed by atoms with Crippen molar-refractivity contribution < 1.29 is 30.7 Å². The molecule has 0 aliphatic rings. The second-order valence-corrected chi connectivity index (χ2v) is 7.10. The Morgan fingerprint density at radius 3 is 1.85 bits per heavy atom. The van der Waals surface area contributed by atoms with Gasteiger partial charge in [0.1, 0.15) is 11.5 Å². The monoisotopic (exact) mass is 462 g/mol. The fourth-order valence-electron chi connectivity index (χ4n) is 3.24. The molecule has 2 nitrogen and oxygen atoms in total. The quantitative estimate of drug-likeness (QED) is 0.292. The summed E-state index contributed by atoms with van der Waals surface area (Å²) in [6.07, 6.45) is -9.79. The first-order chi connectivity index (χ1) is 15.5. The Bertz CT molecular complexity index is 1300. The maximum absolute atomic E-state index is 14.0. The standard InChI is InChI=1S/C24H13F7N2/c25-19-12-16(9-10-18(19)23(26,27)28)20-13-21(24(29,30)31)33-22(32-20)17-8-4-7-15(11-17)14-5-2-1-3-6-14/h1-13H. The highest BCUT2D eigenvalue weighted by Crippen LogP contribution is 2.36. The molecule has 0 amide bonds. The van der Waals surface area contributed by atoms with Crippen LogP contribution in [0.1, 0.15) is 11.3 Å². The molecule has 0 bridgehead atoms. The van der Waals surface area contributed by atoms with E-state index in [-0.39, 0.29) is 22.6 Å². The van der Waals surface area contributed by atoms with Crippen LogP contribution in [0.3, 0.4) is 0 Å². The Morgan fingerprint density at radius 1 is 0.545 bits per heavy atom. The van der Waals surface area contributed by atoms with E-state index in [0.29, 0.717) is 23.8 Å². The molecule has 0 saturated heterocycles. The summed E-state index contributed by atoms with van der Waals surface area (Å²) in [4.78, 5) is 7.70. The van der Waals surface area contributed by atoms with Crippen molar-refractivity contribution >= 4 is 0 Å². The molecule has 0 aliphatic carbocycles. The van der Waals surface area contributed by atoms with Crippen LogP contribution in [0, 0.1) is 5.82 Å². The van der Waals surface area contributed by atoms with Gasteiger partial charge in [0.05, 0.1) is 11.3 Å². The minimum atomic E-state index is -4.94. The van der Waals surface area contributed by atoms with E-state index < -0.39 is 29.4 Å². The lowest BCUT2D eigenvalue weighted by molar-refractivity contribution is -0.141. The molecule has 168 valence electrons. The van der Waals surface area contributed by atoms with Gasteiger partial charge in [-0.25, -0.2) is 14.4 Å². The average molecular weight is 462 g/mol. The predicted molar refractivity (Wildman–Crippen MR) is 108 cm³/mol. The number of benzene rings is 3. The molecule has 1 heterocycles. The van der Waals surface area contributed by atoms with E-state index in [1.54, 1.807) is 30.3 Å². The third-order valence-corrected chi connectivity index (χ3v) is 4.81. The van der Waals surface area contributed by atoms with Gasteiger partial charge in [-0.15, -0.1) is 0 Å². The Labute approximate surface area is 183 Å². The summed E-state index contributed by atoms with van der Waals surface area (Å²) >= 11 is 0. The molecule has 4 aromatic rings. The van der Waals surface area contributed by atoms with Crippen molar-refractivity contribution in [2.24, 2.45) is 0 Å². The molecule has 0 fully saturated rings. The van der Waals surface area contributed by atoms with Gasteiger partial charge in [-0.05, 0) is 35.4 Å². The van der Waals surface area contributed by atoms with E-state index in [2.05, 4.69) is 9.97 Å². The minimum absolute atomic E-state index is 0.242. The first-order valence-corrected chi connectivity index (χ1v) is 9.51. The van der Waals surface area contributed by atoms with Crippen LogP contribution in [-0.2, 0) is 12.4 Å². The second kappa shape index (κ2) is 8.31. The minimum Gasteiger partial charge on any atom is -0.228 e.